The number of carbonyl (C=O) groups excluding carboxylic acids is 2. The third kappa shape index (κ3) is 5.77. The topological polar surface area (TPSA) is 120 Å². The van der Waals surface area contributed by atoms with Crippen molar-refractivity contribution in [3.05, 3.63) is 100 Å². The number of ether oxygens (including phenoxy) is 1. The third-order valence-electron chi connectivity index (χ3n) is 6.56. The molecular formula is C30H28N4O5S2. The van der Waals surface area contributed by atoms with Crippen LogP contribution in [0.2, 0.25) is 0 Å². The smallest absolute Gasteiger partial charge is 0.356 e. The molecule has 0 radical (unpaired) electrons. The van der Waals surface area contributed by atoms with Crippen molar-refractivity contribution in [2.24, 2.45) is 0 Å². The molecule has 0 aliphatic carbocycles. The maximum absolute atomic E-state index is 12.8. The molecule has 11 heteroatoms. The number of sulfonamides is 1. The normalized spacial score (nSPS) is 11.5. The molecule has 0 spiro atoms. The molecular weight excluding hydrogens is 560 g/mol. The highest BCUT2D eigenvalue weighted by molar-refractivity contribution is 8.07. The molecule has 0 bridgehead atoms. The second-order valence-corrected chi connectivity index (χ2v) is 12.0. The number of esters is 1. The summed E-state index contributed by atoms with van der Waals surface area (Å²) in [6.45, 7) is 4.47. The minimum Gasteiger partial charge on any atom is -0.464 e. The van der Waals surface area contributed by atoms with Crippen LogP contribution in [-0.4, -0.2) is 41.1 Å². The van der Waals surface area contributed by atoms with Gasteiger partial charge in [-0.3, -0.25) is 9.52 Å². The fourth-order valence-electron chi connectivity index (χ4n) is 4.55. The third-order valence-corrected chi connectivity index (χ3v) is 8.74. The van der Waals surface area contributed by atoms with Crippen LogP contribution in [0.1, 0.15) is 51.1 Å². The lowest BCUT2D eigenvalue weighted by Gasteiger charge is -2.11. The first-order chi connectivity index (χ1) is 19.7. The van der Waals surface area contributed by atoms with Crippen molar-refractivity contribution in [2.45, 2.75) is 33.2 Å². The largest absolute Gasteiger partial charge is 0.464 e. The van der Waals surface area contributed by atoms with E-state index in [1.54, 1.807) is 35.7 Å². The summed E-state index contributed by atoms with van der Waals surface area (Å²) in [5.74, 6) is 0.374. The van der Waals surface area contributed by atoms with E-state index in [-0.39, 0.29) is 11.3 Å². The molecule has 210 valence electrons. The number of hydrogen-bond donors (Lipinski definition) is 1. The summed E-state index contributed by atoms with van der Waals surface area (Å²) in [5, 5.41) is 0.788. The van der Waals surface area contributed by atoms with E-state index < -0.39 is 21.1 Å². The number of rotatable bonds is 9. The summed E-state index contributed by atoms with van der Waals surface area (Å²) < 4.78 is 35.0. The van der Waals surface area contributed by atoms with Crippen LogP contribution in [0.4, 0.5) is 5.69 Å². The fourth-order valence-corrected chi connectivity index (χ4v) is 6.48. The van der Waals surface area contributed by atoms with Crippen molar-refractivity contribution in [1.29, 1.82) is 0 Å². The van der Waals surface area contributed by atoms with Gasteiger partial charge in [-0.2, -0.15) is 8.42 Å². The van der Waals surface area contributed by atoms with Gasteiger partial charge in [0.1, 0.15) is 11.3 Å². The van der Waals surface area contributed by atoms with Gasteiger partial charge in [-0.1, -0.05) is 61.5 Å². The van der Waals surface area contributed by atoms with Gasteiger partial charge in [0.2, 0.25) is 0 Å². The summed E-state index contributed by atoms with van der Waals surface area (Å²) >= 11 is 1.37. The Morgan fingerprint density at radius 1 is 1.02 bits per heavy atom. The minimum atomic E-state index is -4.29. The molecule has 0 unspecified atom stereocenters. The number of methoxy groups -OCH3 is 1. The predicted octanol–water partition coefficient (Wildman–Crippen LogP) is 5.84. The SMILES string of the molecule is CCCc1nc2c(C)cc(C(=O)OC)nc2n1Cc1ccc(-c2sccc2NS(=O)(=O)C(=O)c2ccccc2)cc1. The summed E-state index contributed by atoms with van der Waals surface area (Å²) in [5.41, 5.74) is 4.67. The minimum absolute atomic E-state index is 0.0963. The molecule has 0 aliphatic rings. The lowest BCUT2D eigenvalue weighted by molar-refractivity contribution is 0.0594. The van der Waals surface area contributed by atoms with Gasteiger partial charge in [0.15, 0.2) is 11.3 Å². The fraction of sp³-hybridized carbons (Fsp3) is 0.200. The van der Waals surface area contributed by atoms with Crippen LogP contribution in [0.3, 0.4) is 0 Å². The number of aromatic nitrogens is 3. The second-order valence-electron chi connectivity index (χ2n) is 9.47. The van der Waals surface area contributed by atoms with E-state index >= 15 is 0 Å². The van der Waals surface area contributed by atoms with Crippen molar-refractivity contribution in [3.63, 3.8) is 0 Å². The number of nitrogens with zero attached hydrogens (tertiary/aromatic N) is 3. The van der Waals surface area contributed by atoms with E-state index in [0.29, 0.717) is 22.8 Å². The Kier molecular flexibility index (Phi) is 8.00. The number of benzene rings is 2. The molecule has 0 amide bonds. The molecule has 0 saturated carbocycles. The van der Waals surface area contributed by atoms with Crippen LogP contribution in [0.5, 0.6) is 0 Å². The standard InChI is InChI=1S/C30H28N4O5S2/c1-4-8-25-32-26-19(2)17-24(29(35)39-3)31-28(26)34(25)18-20-11-13-21(14-12-20)27-23(15-16-40-27)33-41(37,38)30(36)22-9-6-5-7-10-22/h5-7,9-17,33H,4,8,18H2,1-3H3. The van der Waals surface area contributed by atoms with Crippen LogP contribution < -0.4 is 4.72 Å². The highest BCUT2D eigenvalue weighted by Gasteiger charge is 2.25. The van der Waals surface area contributed by atoms with Gasteiger partial charge in [0, 0.05) is 12.0 Å². The maximum atomic E-state index is 12.8. The molecule has 0 atom stereocenters. The zero-order chi connectivity index (χ0) is 29.1. The number of thiophene rings is 1. The van der Waals surface area contributed by atoms with Crippen molar-refractivity contribution in [1.82, 2.24) is 14.5 Å². The molecule has 0 saturated heterocycles. The number of pyridine rings is 1. The monoisotopic (exact) mass is 588 g/mol. The van der Waals surface area contributed by atoms with Gasteiger partial charge in [0.25, 0.3) is 5.12 Å². The number of aryl methyl sites for hydroxylation is 2. The van der Waals surface area contributed by atoms with Crippen LogP contribution >= 0.6 is 11.3 Å². The zero-order valence-corrected chi connectivity index (χ0v) is 24.4. The van der Waals surface area contributed by atoms with Gasteiger partial charge in [0.05, 0.1) is 24.2 Å². The number of imidazole rings is 1. The van der Waals surface area contributed by atoms with Gasteiger partial charge in [-0.15, -0.1) is 11.3 Å². The summed E-state index contributed by atoms with van der Waals surface area (Å²) in [7, 11) is -2.96. The van der Waals surface area contributed by atoms with Crippen LogP contribution in [-0.2, 0) is 27.7 Å². The van der Waals surface area contributed by atoms with Crippen molar-refractivity contribution < 1.29 is 22.7 Å². The van der Waals surface area contributed by atoms with Crippen LogP contribution in [0.25, 0.3) is 21.6 Å². The molecule has 0 fully saturated rings. The quantitative estimate of drug-likeness (QED) is 0.215. The van der Waals surface area contributed by atoms with E-state index in [1.807, 2.05) is 35.8 Å². The number of carbonyl (C=O) groups is 2. The molecule has 9 nitrogen and oxygen atoms in total. The molecule has 3 heterocycles. The zero-order valence-electron chi connectivity index (χ0n) is 22.7. The molecule has 5 rings (SSSR count). The van der Waals surface area contributed by atoms with Gasteiger partial charge >= 0.3 is 16.0 Å². The second kappa shape index (κ2) is 11.6. The van der Waals surface area contributed by atoms with E-state index in [4.69, 9.17) is 9.72 Å². The molecule has 2 aromatic carbocycles. The van der Waals surface area contributed by atoms with Gasteiger partial charge in [-0.25, -0.2) is 14.8 Å². The van der Waals surface area contributed by atoms with E-state index in [0.717, 1.165) is 40.9 Å². The molecule has 3 aromatic heterocycles. The molecule has 5 aromatic rings. The van der Waals surface area contributed by atoms with Crippen molar-refractivity contribution >= 4 is 49.3 Å². The average molecular weight is 589 g/mol. The van der Waals surface area contributed by atoms with Gasteiger partial charge in [-0.05, 0) is 47.5 Å². The highest BCUT2D eigenvalue weighted by Crippen LogP contribution is 2.35. The Morgan fingerprint density at radius 3 is 2.44 bits per heavy atom. The highest BCUT2D eigenvalue weighted by atomic mass is 32.2. The van der Waals surface area contributed by atoms with E-state index in [9.17, 15) is 18.0 Å². The summed E-state index contributed by atoms with van der Waals surface area (Å²) in [4.78, 5) is 34.9. The first kappa shape index (κ1) is 28.2. The molecule has 1 N–H and O–H groups in total. The summed E-state index contributed by atoms with van der Waals surface area (Å²) in [6.07, 6.45) is 1.65. The number of fused-ring (bicyclic) bond motifs is 1. The molecule has 41 heavy (non-hydrogen) atoms. The van der Waals surface area contributed by atoms with Crippen molar-refractivity contribution in [2.75, 3.05) is 11.8 Å². The Hall–Kier alpha value is -4.35. The average Bonchev–Trinajstić information content (AvgIpc) is 3.57. The number of hydrogen-bond acceptors (Lipinski definition) is 8. The predicted molar refractivity (Wildman–Crippen MR) is 160 cm³/mol. The molecule has 0 aliphatic heterocycles. The lowest BCUT2D eigenvalue weighted by atomic mass is 10.1. The first-order valence-electron chi connectivity index (χ1n) is 13.0. The number of nitrogens with one attached hydrogen (secondary N) is 1. The summed E-state index contributed by atoms with van der Waals surface area (Å²) in [6, 6.07) is 19.0. The maximum Gasteiger partial charge on any atom is 0.356 e. The Bertz CT molecular complexity index is 1840. The van der Waals surface area contributed by atoms with Crippen LogP contribution in [0.15, 0.2) is 72.1 Å². The lowest BCUT2D eigenvalue weighted by Crippen LogP contribution is -2.23. The van der Waals surface area contributed by atoms with E-state index in [1.165, 1.54) is 30.6 Å². The first-order valence-corrected chi connectivity index (χ1v) is 15.3. The van der Waals surface area contributed by atoms with E-state index in [2.05, 4.69) is 16.6 Å². The Labute approximate surface area is 241 Å². The van der Waals surface area contributed by atoms with Gasteiger partial charge < -0.3 is 9.30 Å². The Morgan fingerprint density at radius 2 is 1.76 bits per heavy atom. The van der Waals surface area contributed by atoms with Crippen LogP contribution in [0, 0.1) is 6.92 Å². The Balaban J connectivity index is 1.42. The van der Waals surface area contributed by atoms with Crippen molar-refractivity contribution in [3.8, 4) is 10.4 Å². The number of anilines is 1.